The second-order valence-corrected chi connectivity index (χ2v) is 10.7. The van der Waals surface area contributed by atoms with E-state index in [1.807, 2.05) is 26.0 Å². The van der Waals surface area contributed by atoms with Crippen LogP contribution in [0.5, 0.6) is 5.75 Å². The van der Waals surface area contributed by atoms with Crippen molar-refractivity contribution in [1.29, 1.82) is 0 Å². The summed E-state index contributed by atoms with van der Waals surface area (Å²) in [7, 11) is -0.714. The van der Waals surface area contributed by atoms with Gasteiger partial charge in [0.2, 0.25) is 5.91 Å². The molecule has 3 rings (SSSR count). The lowest BCUT2D eigenvalue weighted by atomic mass is 10.1. The van der Waals surface area contributed by atoms with E-state index in [2.05, 4.69) is 4.99 Å². The van der Waals surface area contributed by atoms with E-state index >= 15 is 0 Å². The van der Waals surface area contributed by atoms with E-state index in [9.17, 15) is 18.0 Å². The van der Waals surface area contributed by atoms with Gasteiger partial charge in [0, 0.05) is 6.42 Å². The second kappa shape index (κ2) is 10.3. The Labute approximate surface area is 196 Å². The molecule has 8 nitrogen and oxygen atoms in total. The minimum absolute atomic E-state index is 0.0279. The maximum atomic E-state index is 12.6. The van der Waals surface area contributed by atoms with Crippen molar-refractivity contribution >= 4 is 43.3 Å². The Kier molecular flexibility index (Phi) is 7.70. The van der Waals surface area contributed by atoms with Gasteiger partial charge in [-0.1, -0.05) is 17.4 Å². The highest BCUT2D eigenvalue weighted by atomic mass is 32.2. The third-order valence-corrected chi connectivity index (χ3v) is 8.12. The topological polar surface area (TPSA) is 104 Å². The van der Waals surface area contributed by atoms with Crippen LogP contribution in [0.15, 0.2) is 46.3 Å². The van der Waals surface area contributed by atoms with Crippen LogP contribution in [0.3, 0.4) is 0 Å². The fraction of sp³-hybridized carbons (Fsp3) is 0.348. The molecule has 0 aliphatic rings. The molecule has 3 aromatic rings. The maximum absolute atomic E-state index is 12.6. The zero-order valence-corrected chi connectivity index (χ0v) is 20.6. The van der Waals surface area contributed by atoms with E-state index in [0.29, 0.717) is 10.6 Å². The summed E-state index contributed by atoms with van der Waals surface area (Å²) >= 11 is 1.32. The van der Waals surface area contributed by atoms with Gasteiger partial charge in [-0.05, 0) is 61.7 Å². The van der Waals surface area contributed by atoms with Gasteiger partial charge in [0.05, 0.1) is 35.1 Å². The van der Waals surface area contributed by atoms with E-state index in [1.54, 1.807) is 16.7 Å². The number of aromatic nitrogens is 1. The Bertz CT molecular complexity index is 1350. The SMILES string of the molecule is COC(=O)Cn1c(=NC(=O)CCCS(=O)(=O)c2ccc(OC)cc2)sc2c(C)cc(C)cc21. The fourth-order valence-corrected chi connectivity index (χ4v) is 5.83. The molecular formula is C23H26N2O6S2. The van der Waals surface area contributed by atoms with Crippen LogP contribution in [0.25, 0.3) is 10.2 Å². The van der Waals surface area contributed by atoms with E-state index in [-0.39, 0.29) is 30.0 Å². The van der Waals surface area contributed by atoms with Crippen LogP contribution >= 0.6 is 11.3 Å². The number of hydrogen-bond acceptors (Lipinski definition) is 7. The number of carbonyl (C=O) groups excluding carboxylic acids is 2. The van der Waals surface area contributed by atoms with Gasteiger partial charge in [0.15, 0.2) is 14.6 Å². The quantitative estimate of drug-likeness (QED) is 0.449. The van der Waals surface area contributed by atoms with Gasteiger partial charge in [-0.25, -0.2) is 8.42 Å². The highest BCUT2D eigenvalue weighted by Gasteiger charge is 2.16. The molecule has 0 saturated heterocycles. The molecule has 2 aromatic carbocycles. The summed E-state index contributed by atoms with van der Waals surface area (Å²) in [6.07, 6.45) is 0.108. The lowest BCUT2D eigenvalue weighted by Crippen LogP contribution is -2.22. The van der Waals surface area contributed by atoms with Gasteiger partial charge >= 0.3 is 5.97 Å². The van der Waals surface area contributed by atoms with Gasteiger partial charge in [-0.15, -0.1) is 0 Å². The molecule has 176 valence electrons. The number of carbonyl (C=O) groups is 2. The van der Waals surface area contributed by atoms with Crippen molar-refractivity contribution in [3.8, 4) is 5.75 Å². The van der Waals surface area contributed by atoms with Gasteiger partial charge in [0.1, 0.15) is 12.3 Å². The number of rotatable bonds is 8. The van der Waals surface area contributed by atoms with Crippen molar-refractivity contribution in [1.82, 2.24) is 4.57 Å². The molecule has 0 spiro atoms. The van der Waals surface area contributed by atoms with E-state index in [1.165, 1.54) is 37.7 Å². The molecule has 0 atom stereocenters. The summed E-state index contributed by atoms with van der Waals surface area (Å²) in [5.41, 5.74) is 2.85. The number of esters is 1. The Morgan fingerprint density at radius 2 is 1.79 bits per heavy atom. The lowest BCUT2D eigenvalue weighted by Gasteiger charge is -2.06. The summed E-state index contributed by atoms with van der Waals surface area (Å²) in [6.45, 7) is 3.85. The van der Waals surface area contributed by atoms with Crippen LogP contribution in [0.4, 0.5) is 0 Å². The zero-order valence-electron chi connectivity index (χ0n) is 19.0. The van der Waals surface area contributed by atoms with Crippen LogP contribution < -0.4 is 9.54 Å². The van der Waals surface area contributed by atoms with Gasteiger partial charge in [-0.3, -0.25) is 9.59 Å². The van der Waals surface area contributed by atoms with Crippen LogP contribution in [-0.4, -0.2) is 44.8 Å². The fourth-order valence-electron chi connectivity index (χ4n) is 3.42. The van der Waals surface area contributed by atoms with Crippen LogP contribution in [-0.2, 0) is 30.7 Å². The van der Waals surface area contributed by atoms with E-state index in [4.69, 9.17) is 9.47 Å². The zero-order chi connectivity index (χ0) is 24.2. The van der Waals surface area contributed by atoms with E-state index in [0.717, 1.165) is 21.3 Å². The lowest BCUT2D eigenvalue weighted by molar-refractivity contribution is -0.141. The maximum Gasteiger partial charge on any atom is 0.325 e. The van der Waals surface area contributed by atoms with E-state index < -0.39 is 21.7 Å². The molecule has 0 bridgehead atoms. The number of benzene rings is 2. The predicted octanol–water partition coefficient (Wildman–Crippen LogP) is 3.18. The number of sulfone groups is 1. The summed E-state index contributed by atoms with van der Waals surface area (Å²) in [5.74, 6) is -0.502. The Balaban J connectivity index is 1.80. The smallest absolute Gasteiger partial charge is 0.325 e. The number of amides is 1. The normalized spacial score (nSPS) is 12.2. The Morgan fingerprint density at radius 1 is 1.09 bits per heavy atom. The molecule has 1 amide bonds. The minimum atomic E-state index is -3.53. The van der Waals surface area contributed by atoms with Crippen LogP contribution in [0, 0.1) is 13.8 Å². The van der Waals surface area contributed by atoms with Gasteiger partial charge < -0.3 is 14.0 Å². The van der Waals surface area contributed by atoms with Gasteiger partial charge in [0.25, 0.3) is 0 Å². The van der Waals surface area contributed by atoms with Crippen molar-refractivity contribution in [3.05, 3.63) is 52.3 Å². The molecule has 0 radical (unpaired) electrons. The van der Waals surface area contributed by atoms with Crippen LogP contribution in [0.1, 0.15) is 24.0 Å². The van der Waals surface area contributed by atoms with Crippen molar-refractivity contribution < 1.29 is 27.5 Å². The highest BCUT2D eigenvalue weighted by molar-refractivity contribution is 7.91. The third-order valence-electron chi connectivity index (χ3n) is 5.07. The second-order valence-electron chi connectivity index (χ2n) is 7.58. The number of aryl methyl sites for hydroxylation is 2. The van der Waals surface area contributed by atoms with Crippen LogP contribution in [0.2, 0.25) is 0 Å². The molecule has 0 unspecified atom stereocenters. The Hall–Kier alpha value is -2.98. The average Bonchev–Trinajstić information content (AvgIpc) is 3.10. The number of fused-ring (bicyclic) bond motifs is 1. The molecule has 0 aliphatic carbocycles. The molecule has 0 aliphatic heterocycles. The molecule has 1 heterocycles. The molecular weight excluding hydrogens is 464 g/mol. The molecule has 1 aromatic heterocycles. The number of thiazole rings is 1. The number of hydrogen-bond donors (Lipinski definition) is 0. The molecule has 0 fully saturated rings. The first-order chi connectivity index (χ1) is 15.6. The van der Waals surface area contributed by atoms with Crippen molar-refractivity contribution in [3.63, 3.8) is 0 Å². The van der Waals surface area contributed by atoms with Crippen molar-refractivity contribution in [2.45, 2.75) is 38.1 Å². The number of nitrogens with zero attached hydrogens (tertiary/aromatic N) is 2. The number of ether oxygens (including phenoxy) is 2. The first-order valence-electron chi connectivity index (χ1n) is 10.3. The molecule has 33 heavy (non-hydrogen) atoms. The molecule has 10 heteroatoms. The van der Waals surface area contributed by atoms with Gasteiger partial charge in [-0.2, -0.15) is 4.99 Å². The first kappa shape index (κ1) is 24.7. The summed E-state index contributed by atoms with van der Waals surface area (Å²) < 4.78 is 37.5. The largest absolute Gasteiger partial charge is 0.497 e. The summed E-state index contributed by atoms with van der Waals surface area (Å²) in [5, 5.41) is 0. The van der Waals surface area contributed by atoms with Crippen molar-refractivity contribution in [2.24, 2.45) is 4.99 Å². The summed E-state index contributed by atoms with van der Waals surface area (Å²) in [4.78, 5) is 29.3. The standard InChI is InChI=1S/C23H26N2O6S2/c1-15-12-16(2)22-19(13-15)25(14-21(27)31-4)23(32-22)24-20(26)6-5-11-33(28,29)18-9-7-17(30-3)8-10-18/h7-10,12-13H,5-6,11,14H2,1-4H3. The van der Waals surface area contributed by atoms with Crippen molar-refractivity contribution in [2.75, 3.05) is 20.0 Å². The monoisotopic (exact) mass is 490 g/mol. The minimum Gasteiger partial charge on any atom is -0.497 e. The number of methoxy groups -OCH3 is 2. The summed E-state index contributed by atoms with van der Waals surface area (Å²) in [6, 6.07) is 10.1. The average molecular weight is 491 g/mol. The first-order valence-corrected chi connectivity index (χ1v) is 12.7. The predicted molar refractivity (Wildman–Crippen MR) is 126 cm³/mol. The highest BCUT2D eigenvalue weighted by Crippen LogP contribution is 2.23. The molecule has 0 N–H and O–H groups in total. The molecule has 0 saturated carbocycles. The third kappa shape index (κ3) is 5.88. The Morgan fingerprint density at radius 3 is 2.42 bits per heavy atom.